The molecule has 1 saturated carbocycles. The van der Waals surface area contributed by atoms with Crippen LogP contribution in [0, 0.1) is 13.8 Å². The van der Waals surface area contributed by atoms with E-state index in [1.54, 1.807) is 26.0 Å². The molecule has 1 aliphatic carbocycles. The first kappa shape index (κ1) is 20.6. The molecule has 3 rings (SSSR count). The molecular weight excluding hydrogens is 380 g/mol. The van der Waals surface area contributed by atoms with Gasteiger partial charge in [0.05, 0.1) is 24.2 Å². The van der Waals surface area contributed by atoms with Gasteiger partial charge in [0.1, 0.15) is 17.2 Å². The van der Waals surface area contributed by atoms with Gasteiger partial charge in [0.2, 0.25) is 15.9 Å². The second kappa shape index (κ2) is 8.48. The minimum atomic E-state index is -3.76. The van der Waals surface area contributed by atoms with Crippen molar-refractivity contribution in [2.45, 2.75) is 70.0 Å². The zero-order chi connectivity index (χ0) is 20.3. The maximum atomic E-state index is 13.0. The summed E-state index contributed by atoms with van der Waals surface area (Å²) in [5, 5.41) is 7.36. The third-order valence-corrected chi connectivity index (χ3v) is 7.26. The molecule has 1 fully saturated rings. The molecule has 8 nitrogen and oxygen atoms in total. The first-order valence-corrected chi connectivity index (χ1v) is 11.0. The van der Waals surface area contributed by atoms with E-state index in [9.17, 15) is 13.2 Å². The summed E-state index contributed by atoms with van der Waals surface area (Å²) in [6.07, 6.45) is 7.00. The van der Waals surface area contributed by atoms with E-state index in [1.807, 2.05) is 0 Å². The van der Waals surface area contributed by atoms with Crippen LogP contribution in [0.3, 0.4) is 0 Å². The van der Waals surface area contributed by atoms with Crippen LogP contribution >= 0.6 is 0 Å². The summed E-state index contributed by atoms with van der Waals surface area (Å²) in [6.45, 7) is 3.47. The van der Waals surface area contributed by atoms with Gasteiger partial charge in [-0.1, -0.05) is 19.3 Å². The number of hydrogen-bond donors (Lipinski definition) is 1. The number of nitrogens with one attached hydrogen (secondary N) is 1. The normalized spacial score (nSPS) is 15.9. The Hall–Kier alpha value is -2.13. The fourth-order valence-corrected chi connectivity index (χ4v) is 5.23. The number of furan rings is 1. The fourth-order valence-electron chi connectivity index (χ4n) is 3.73. The molecule has 0 aromatic carbocycles. The highest BCUT2D eigenvalue weighted by atomic mass is 32.2. The van der Waals surface area contributed by atoms with Crippen molar-refractivity contribution in [1.29, 1.82) is 0 Å². The zero-order valence-electron chi connectivity index (χ0n) is 16.6. The van der Waals surface area contributed by atoms with Crippen molar-refractivity contribution in [3.63, 3.8) is 0 Å². The molecule has 1 amide bonds. The molecule has 0 saturated heterocycles. The van der Waals surface area contributed by atoms with Crippen LogP contribution in [-0.4, -0.2) is 41.5 Å². The Labute approximate surface area is 165 Å². The molecule has 0 bridgehead atoms. The molecular formula is C19H28N4O4S. The first-order valence-electron chi connectivity index (χ1n) is 9.61. The van der Waals surface area contributed by atoms with Crippen molar-refractivity contribution in [3.8, 4) is 0 Å². The maximum absolute atomic E-state index is 13.0. The highest BCUT2D eigenvalue weighted by molar-refractivity contribution is 7.89. The average Bonchev–Trinajstić information content (AvgIpc) is 3.24. The highest BCUT2D eigenvalue weighted by Crippen LogP contribution is 2.24. The lowest BCUT2D eigenvalue weighted by Gasteiger charge is -2.22. The molecule has 28 heavy (non-hydrogen) atoms. The van der Waals surface area contributed by atoms with Gasteiger partial charge >= 0.3 is 0 Å². The van der Waals surface area contributed by atoms with Crippen molar-refractivity contribution in [2.75, 3.05) is 7.05 Å². The molecule has 0 spiro atoms. The monoisotopic (exact) mass is 408 g/mol. The summed E-state index contributed by atoms with van der Waals surface area (Å²) >= 11 is 0. The van der Waals surface area contributed by atoms with Gasteiger partial charge in [-0.15, -0.1) is 0 Å². The van der Waals surface area contributed by atoms with Crippen LogP contribution in [-0.2, 0) is 27.9 Å². The van der Waals surface area contributed by atoms with Crippen molar-refractivity contribution in [2.24, 2.45) is 0 Å². The number of carbonyl (C=O) groups excluding carboxylic acids is 1. The second-order valence-electron chi connectivity index (χ2n) is 7.40. The van der Waals surface area contributed by atoms with Crippen LogP contribution in [0.4, 0.5) is 0 Å². The number of nitrogens with zero attached hydrogens (tertiary/aromatic N) is 3. The van der Waals surface area contributed by atoms with Crippen LogP contribution in [0.5, 0.6) is 0 Å². The molecule has 1 aliphatic rings. The second-order valence-corrected chi connectivity index (χ2v) is 9.38. The van der Waals surface area contributed by atoms with Gasteiger partial charge in [-0.3, -0.25) is 9.48 Å². The summed E-state index contributed by atoms with van der Waals surface area (Å²) in [5.41, 5.74) is 0.844. The number of aryl methyl sites for hydroxylation is 1. The van der Waals surface area contributed by atoms with E-state index < -0.39 is 10.0 Å². The van der Waals surface area contributed by atoms with E-state index in [0.29, 0.717) is 17.1 Å². The zero-order valence-corrected chi connectivity index (χ0v) is 17.5. The smallest absolute Gasteiger partial charge is 0.246 e. The van der Waals surface area contributed by atoms with E-state index in [2.05, 4.69) is 10.4 Å². The molecule has 9 heteroatoms. The van der Waals surface area contributed by atoms with E-state index in [0.717, 1.165) is 25.7 Å². The molecule has 0 aliphatic heterocycles. The highest BCUT2D eigenvalue weighted by Gasteiger charge is 2.30. The standard InChI is InChI=1S/C19H28N4O4S/c1-14-19(28(25,26)22(3)12-17-10-7-11-27-17)15(2)23(21-14)13-18(24)20-16-8-5-4-6-9-16/h7,10-11,16H,4-6,8-9,12-13H2,1-3H3,(H,20,24). The van der Waals surface area contributed by atoms with Gasteiger partial charge in [0, 0.05) is 13.1 Å². The van der Waals surface area contributed by atoms with Crippen molar-refractivity contribution in [3.05, 3.63) is 35.5 Å². The van der Waals surface area contributed by atoms with Crippen LogP contribution in [0.1, 0.15) is 49.3 Å². The van der Waals surface area contributed by atoms with Crippen molar-refractivity contribution in [1.82, 2.24) is 19.4 Å². The summed E-state index contributed by atoms with van der Waals surface area (Å²) in [5.74, 6) is 0.422. The molecule has 1 N–H and O–H groups in total. The summed E-state index contributed by atoms with van der Waals surface area (Å²) in [7, 11) is -2.26. The molecule has 2 aromatic rings. The van der Waals surface area contributed by atoms with Crippen LogP contribution in [0.2, 0.25) is 0 Å². The predicted octanol–water partition coefficient (Wildman–Crippen LogP) is 2.36. The van der Waals surface area contributed by atoms with Gasteiger partial charge in [0.15, 0.2) is 0 Å². The number of sulfonamides is 1. The van der Waals surface area contributed by atoms with Crippen molar-refractivity contribution >= 4 is 15.9 Å². The molecule has 2 heterocycles. The lowest BCUT2D eigenvalue weighted by molar-refractivity contribution is -0.122. The Bertz CT molecular complexity index is 912. The van der Waals surface area contributed by atoms with E-state index in [4.69, 9.17) is 4.42 Å². The van der Waals surface area contributed by atoms with Crippen molar-refractivity contribution < 1.29 is 17.6 Å². The Balaban J connectivity index is 1.74. The predicted molar refractivity (Wildman–Crippen MR) is 104 cm³/mol. The molecule has 0 unspecified atom stereocenters. The van der Waals surface area contributed by atoms with E-state index in [1.165, 1.54) is 28.7 Å². The van der Waals surface area contributed by atoms with Crippen LogP contribution in [0.15, 0.2) is 27.7 Å². The number of aromatic nitrogens is 2. The first-order chi connectivity index (χ1) is 13.3. The minimum absolute atomic E-state index is 0.0145. The third kappa shape index (κ3) is 4.47. The number of amides is 1. The van der Waals surface area contributed by atoms with Gasteiger partial charge in [-0.25, -0.2) is 8.42 Å². The topological polar surface area (TPSA) is 97.4 Å². The van der Waals surface area contributed by atoms with Gasteiger partial charge < -0.3 is 9.73 Å². The number of hydrogen-bond acceptors (Lipinski definition) is 5. The summed E-state index contributed by atoms with van der Waals surface area (Å²) in [4.78, 5) is 12.5. The average molecular weight is 409 g/mol. The SMILES string of the molecule is Cc1nn(CC(=O)NC2CCCCC2)c(C)c1S(=O)(=O)N(C)Cc1ccco1. The number of carbonyl (C=O) groups is 1. The van der Waals surface area contributed by atoms with Gasteiger partial charge in [-0.2, -0.15) is 9.40 Å². The lowest BCUT2D eigenvalue weighted by atomic mass is 9.95. The summed E-state index contributed by atoms with van der Waals surface area (Å²) < 4.78 is 34.0. The van der Waals surface area contributed by atoms with E-state index in [-0.39, 0.29) is 29.9 Å². The maximum Gasteiger partial charge on any atom is 0.246 e. The van der Waals surface area contributed by atoms with Gasteiger partial charge in [-0.05, 0) is 38.8 Å². The molecule has 0 atom stereocenters. The van der Waals surface area contributed by atoms with Gasteiger partial charge in [0.25, 0.3) is 0 Å². The lowest BCUT2D eigenvalue weighted by Crippen LogP contribution is -2.38. The third-order valence-electron chi connectivity index (χ3n) is 5.21. The van der Waals surface area contributed by atoms with E-state index >= 15 is 0 Å². The van der Waals surface area contributed by atoms with Crippen LogP contribution < -0.4 is 5.32 Å². The Morgan fingerprint density at radius 3 is 2.68 bits per heavy atom. The Morgan fingerprint density at radius 1 is 1.32 bits per heavy atom. The summed E-state index contributed by atoms with van der Waals surface area (Å²) in [6, 6.07) is 3.65. The molecule has 2 aromatic heterocycles. The largest absolute Gasteiger partial charge is 0.468 e. The Morgan fingerprint density at radius 2 is 2.04 bits per heavy atom. The van der Waals surface area contributed by atoms with Crippen LogP contribution in [0.25, 0.3) is 0 Å². The Kier molecular flexibility index (Phi) is 6.24. The molecule has 0 radical (unpaired) electrons. The minimum Gasteiger partial charge on any atom is -0.468 e. The quantitative estimate of drug-likeness (QED) is 0.758. The number of rotatable bonds is 7. The molecule has 154 valence electrons. The fraction of sp³-hybridized carbons (Fsp3) is 0.579.